The third-order valence-corrected chi connectivity index (χ3v) is 7.77. The van der Waals surface area contributed by atoms with Crippen molar-refractivity contribution < 1.29 is 4.74 Å². The Morgan fingerprint density at radius 1 is 0.966 bits per heavy atom. The quantitative estimate of drug-likeness (QED) is 0.830. The fraction of sp³-hybridized carbons (Fsp3) is 0.619. The molecule has 2 aliphatic carbocycles. The number of piperidine rings is 1. The van der Waals surface area contributed by atoms with E-state index in [-0.39, 0.29) is 0 Å². The number of anilines is 2. The van der Waals surface area contributed by atoms with Crippen LogP contribution in [0.25, 0.3) is 11.3 Å². The minimum atomic E-state index is 0.292. The molecule has 29 heavy (non-hydrogen) atoms. The fourth-order valence-electron chi connectivity index (χ4n) is 5.88. The van der Waals surface area contributed by atoms with Gasteiger partial charge in [0.1, 0.15) is 0 Å². The van der Waals surface area contributed by atoms with Gasteiger partial charge in [-0.15, -0.1) is 0 Å². The van der Waals surface area contributed by atoms with Crippen LogP contribution in [0.15, 0.2) is 18.5 Å². The van der Waals surface area contributed by atoms with E-state index in [0.29, 0.717) is 23.9 Å². The molecule has 0 radical (unpaired) electrons. The van der Waals surface area contributed by atoms with E-state index in [9.17, 15) is 0 Å². The Labute approximate surface area is 169 Å². The lowest BCUT2D eigenvalue weighted by Crippen LogP contribution is -2.48. The van der Waals surface area contributed by atoms with E-state index in [0.717, 1.165) is 54.7 Å². The summed E-state index contributed by atoms with van der Waals surface area (Å²) in [6.07, 6.45) is 6.13. The number of aromatic nitrogens is 4. The van der Waals surface area contributed by atoms with Gasteiger partial charge in [-0.2, -0.15) is 0 Å². The first kappa shape index (κ1) is 16.5. The van der Waals surface area contributed by atoms with Gasteiger partial charge in [-0.3, -0.25) is 4.90 Å². The standard InChI is InChI=1S/C21H25N7O/c22-20-23-4-12(5-24-20)17-3-18(26-21(25-17)28-6-11-1-13(28)2-11)19-15-7-27(8-16(15)19)14-9-29-10-14/h3-5,11,13-16,19H,1-2,6-10H2,(H2,22,23,24). The predicted octanol–water partition coefficient (Wildman–Crippen LogP) is 1.16. The lowest BCUT2D eigenvalue weighted by Gasteiger charge is -2.35. The first-order valence-corrected chi connectivity index (χ1v) is 10.8. The lowest BCUT2D eigenvalue weighted by molar-refractivity contribution is -0.0610. The molecule has 4 saturated heterocycles. The van der Waals surface area contributed by atoms with Crippen molar-refractivity contribution >= 4 is 11.9 Å². The number of nitrogens with two attached hydrogens (primary N) is 1. The van der Waals surface area contributed by atoms with Crippen molar-refractivity contribution in [2.45, 2.75) is 30.8 Å². The molecule has 6 heterocycles. The molecule has 0 spiro atoms. The number of nitrogens with zero attached hydrogens (tertiary/aromatic N) is 6. The second kappa shape index (κ2) is 5.86. The van der Waals surface area contributed by atoms with Crippen LogP contribution >= 0.6 is 0 Å². The van der Waals surface area contributed by atoms with Crippen LogP contribution in [-0.4, -0.2) is 69.8 Å². The minimum Gasteiger partial charge on any atom is -0.378 e. The monoisotopic (exact) mass is 391 g/mol. The summed E-state index contributed by atoms with van der Waals surface area (Å²) in [5, 5.41) is 0. The smallest absolute Gasteiger partial charge is 0.226 e. The molecule has 8 nitrogen and oxygen atoms in total. The molecule has 2 aromatic rings. The van der Waals surface area contributed by atoms with Gasteiger partial charge < -0.3 is 15.4 Å². The number of ether oxygens (including phenoxy) is 1. The average Bonchev–Trinajstić information content (AvgIpc) is 3.06. The Hall–Kier alpha value is -2.32. The Kier molecular flexibility index (Phi) is 3.33. The van der Waals surface area contributed by atoms with Crippen LogP contribution in [-0.2, 0) is 4.74 Å². The van der Waals surface area contributed by atoms with Crippen LogP contribution in [0.4, 0.5) is 11.9 Å². The molecule has 2 unspecified atom stereocenters. The highest BCUT2D eigenvalue weighted by atomic mass is 16.5. The molecular formula is C21H25N7O. The number of hydrogen-bond acceptors (Lipinski definition) is 8. The van der Waals surface area contributed by atoms with Gasteiger partial charge in [0.25, 0.3) is 0 Å². The number of nitrogen functional groups attached to an aromatic ring is 1. The average molecular weight is 391 g/mol. The van der Waals surface area contributed by atoms with E-state index in [1.807, 2.05) is 0 Å². The summed E-state index contributed by atoms with van der Waals surface area (Å²) in [5.41, 5.74) is 8.72. The SMILES string of the molecule is Nc1ncc(-c2cc(C3C4CN(C5COC5)CC43)nc(N3CC4CC3C4)n2)cn1. The normalized spacial score (nSPS) is 35.3. The predicted molar refractivity (Wildman–Crippen MR) is 107 cm³/mol. The van der Waals surface area contributed by atoms with E-state index < -0.39 is 0 Å². The van der Waals surface area contributed by atoms with Gasteiger partial charge in [-0.05, 0) is 36.7 Å². The highest BCUT2D eigenvalue weighted by molar-refractivity contribution is 5.61. The summed E-state index contributed by atoms with van der Waals surface area (Å²) in [4.78, 5) is 23.4. The van der Waals surface area contributed by atoms with Gasteiger partial charge >= 0.3 is 0 Å². The zero-order valence-corrected chi connectivity index (χ0v) is 16.3. The first-order chi connectivity index (χ1) is 14.2. The van der Waals surface area contributed by atoms with Gasteiger partial charge in [0, 0.05) is 49.6 Å². The summed E-state index contributed by atoms with van der Waals surface area (Å²) in [5.74, 6) is 4.02. The maximum atomic E-state index is 5.68. The summed E-state index contributed by atoms with van der Waals surface area (Å²) in [6, 6.07) is 3.43. The molecule has 6 aliphatic rings. The van der Waals surface area contributed by atoms with Crippen molar-refractivity contribution in [1.82, 2.24) is 24.8 Å². The summed E-state index contributed by atoms with van der Waals surface area (Å²) in [7, 11) is 0. The number of fused-ring (bicyclic) bond motifs is 2. The maximum Gasteiger partial charge on any atom is 0.226 e. The highest BCUT2D eigenvalue weighted by Gasteiger charge is 2.58. The third kappa shape index (κ3) is 2.51. The lowest BCUT2D eigenvalue weighted by atomic mass is 9.86. The third-order valence-electron chi connectivity index (χ3n) is 7.77. The van der Waals surface area contributed by atoms with E-state index in [2.05, 4.69) is 25.8 Å². The number of rotatable bonds is 4. The molecule has 6 fully saturated rings. The Balaban J connectivity index is 1.21. The molecule has 0 amide bonds. The minimum absolute atomic E-state index is 0.292. The van der Waals surface area contributed by atoms with Gasteiger partial charge in [-0.25, -0.2) is 19.9 Å². The zero-order chi connectivity index (χ0) is 19.1. The van der Waals surface area contributed by atoms with Crippen molar-refractivity contribution in [3.05, 3.63) is 24.2 Å². The Bertz CT molecular complexity index is 944. The topological polar surface area (TPSA) is 93.3 Å². The second-order valence-electron chi connectivity index (χ2n) is 9.45. The molecular weight excluding hydrogens is 366 g/mol. The molecule has 4 aliphatic heterocycles. The van der Waals surface area contributed by atoms with Crippen molar-refractivity contribution in [3.63, 3.8) is 0 Å². The van der Waals surface area contributed by atoms with Crippen LogP contribution in [0.2, 0.25) is 0 Å². The summed E-state index contributed by atoms with van der Waals surface area (Å²) < 4.78 is 5.38. The van der Waals surface area contributed by atoms with Crippen LogP contribution in [0, 0.1) is 17.8 Å². The molecule has 2 bridgehead atoms. The van der Waals surface area contributed by atoms with Gasteiger partial charge in [0.05, 0.1) is 30.6 Å². The van der Waals surface area contributed by atoms with Crippen molar-refractivity contribution in [2.24, 2.45) is 17.8 Å². The number of hydrogen-bond donors (Lipinski definition) is 1. The van der Waals surface area contributed by atoms with Gasteiger partial charge in [0.15, 0.2) is 0 Å². The second-order valence-corrected chi connectivity index (χ2v) is 9.45. The molecule has 0 aromatic carbocycles. The van der Waals surface area contributed by atoms with Crippen molar-refractivity contribution in [2.75, 3.05) is 43.5 Å². The molecule has 150 valence electrons. The molecule has 8 rings (SSSR count). The van der Waals surface area contributed by atoms with Crippen LogP contribution in [0.3, 0.4) is 0 Å². The van der Waals surface area contributed by atoms with E-state index in [1.165, 1.54) is 31.6 Å². The first-order valence-electron chi connectivity index (χ1n) is 10.8. The zero-order valence-electron chi connectivity index (χ0n) is 16.3. The molecule has 8 heteroatoms. The van der Waals surface area contributed by atoms with Crippen LogP contribution in [0.5, 0.6) is 0 Å². The fourth-order valence-corrected chi connectivity index (χ4v) is 5.88. The summed E-state index contributed by atoms with van der Waals surface area (Å²) >= 11 is 0. The van der Waals surface area contributed by atoms with Gasteiger partial charge in [-0.1, -0.05) is 0 Å². The van der Waals surface area contributed by atoms with Crippen LogP contribution < -0.4 is 10.6 Å². The number of likely N-dealkylation sites (tertiary alicyclic amines) is 1. The Morgan fingerprint density at radius 3 is 2.34 bits per heavy atom. The molecule has 2 aromatic heterocycles. The summed E-state index contributed by atoms with van der Waals surface area (Å²) in [6.45, 7) is 5.26. The molecule has 2 atom stereocenters. The van der Waals surface area contributed by atoms with Crippen molar-refractivity contribution in [3.8, 4) is 11.3 Å². The van der Waals surface area contributed by atoms with Crippen LogP contribution in [0.1, 0.15) is 24.5 Å². The highest BCUT2D eigenvalue weighted by Crippen LogP contribution is 2.58. The van der Waals surface area contributed by atoms with Gasteiger partial charge in [0.2, 0.25) is 11.9 Å². The molecule has 2 N–H and O–H groups in total. The largest absolute Gasteiger partial charge is 0.378 e. The Morgan fingerprint density at radius 2 is 1.72 bits per heavy atom. The molecule has 2 saturated carbocycles. The van der Waals surface area contributed by atoms with E-state index in [4.69, 9.17) is 20.4 Å². The van der Waals surface area contributed by atoms with Crippen molar-refractivity contribution in [1.29, 1.82) is 0 Å². The van der Waals surface area contributed by atoms with E-state index >= 15 is 0 Å². The maximum absolute atomic E-state index is 5.68. The van der Waals surface area contributed by atoms with E-state index in [1.54, 1.807) is 12.4 Å².